The van der Waals surface area contributed by atoms with E-state index in [4.69, 9.17) is 4.74 Å². The number of ether oxygens (including phenoxy) is 1. The minimum Gasteiger partial charge on any atom is -0.487 e. The summed E-state index contributed by atoms with van der Waals surface area (Å²) in [6, 6.07) is 5.93. The van der Waals surface area contributed by atoms with E-state index >= 15 is 0 Å². The molecule has 16 heavy (non-hydrogen) atoms. The Balaban J connectivity index is 2.75. The van der Waals surface area contributed by atoms with Crippen LogP contribution in [0, 0.1) is 0 Å². The van der Waals surface area contributed by atoms with E-state index in [1.165, 1.54) is 5.56 Å². The summed E-state index contributed by atoms with van der Waals surface area (Å²) in [6.45, 7) is 4.39. The number of aliphatic hydroxyl groups excluding tert-OH is 1. The van der Waals surface area contributed by atoms with Crippen LogP contribution in [0.2, 0.25) is 0 Å². The minimum atomic E-state index is -0.483. The fourth-order valence-electron chi connectivity index (χ4n) is 1.25. The number of aliphatic hydroxyl groups is 1. The van der Waals surface area contributed by atoms with Crippen LogP contribution in [0.15, 0.2) is 22.7 Å². The molecule has 1 rings (SSSR count). The lowest BCUT2D eigenvalue weighted by Crippen LogP contribution is -2.25. The summed E-state index contributed by atoms with van der Waals surface area (Å²) in [5.41, 5.74) is 1.19. The quantitative estimate of drug-likeness (QED) is 0.873. The lowest BCUT2D eigenvalue weighted by Gasteiger charge is -2.18. The molecule has 0 amide bonds. The van der Waals surface area contributed by atoms with E-state index in [1.807, 2.05) is 32.2 Å². The largest absolute Gasteiger partial charge is 0.487 e. The monoisotopic (exact) mass is 287 g/mol. The Morgan fingerprint density at radius 2 is 2.12 bits per heavy atom. The van der Waals surface area contributed by atoms with Crippen LogP contribution >= 0.6 is 15.9 Å². The first-order chi connectivity index (χ1) is 7.54. The highest BCUT2D eigenvalue weighted by Crippen LogP contribution is 2.27. The van der Waals surface area contributed by atoms with Crippen LogP contribution < -0.4 is 10.1 Å². The molecule has 90 valence electrons. The highest BCUT2D eigenvalue weighted by molar-refractivity contribution is 9.10. The maximum Gasteiger partial charge on any atom is 0.134 e. The lowest BCUT2D eigenvalue weighted by atomic mass is 10.2. The Labute approximate surface area is 105 Å². The molecule has 0 heterocycles. The van der Waals surface area contributed by atoms with Gasteiger partial charge in [-0.2, -0.15) is 0 Å². The van der Waals surface area contributed by atoms with Crippen LogP contribution in [-0.2, 0) is 6.54 Å². The molecule has 2 unspecified atom stereocenters. The van der Waals surface area contributed by atoms with Crippen LogP contribution in [0.1, 0.15) is 19.4 Å². The topological polar surface area (TPSA) is 41.5 Å². The Kier molecular flexibility index (Phi) is 5.25. The molecular formula is C12H18BrNO2. The third-order valence-electron chi connectivity index (χ3n) is 2.37. The maximum absolute atomic E-state index is 9.36. The van der Waals surface area contributed by atoms with Crippen molar-refractivity contribution in [1.29, 1.82) is 0 Å². The van der Waals surface area contributed by atoms with Crippen molar-refractivity contribution in [2.24, 2.45) is 0 Å². The smallest absolute Gasteiger partial charge is 0.134 e. The predicted octanol–water partition coefficient (Wildman–Crippen LogP) is 2.32. The fourth-order valence-corrected chi connectivity index (χ4v) is 1.77. The summed E-state index contributed by atoms with van der Waals surface area (Å²) in [7, 11) is 1.91. The molecule has 0 bridgehead atoms. The summed E-state index contributed by atoms with van der Waals surface area (Å²) in [5.74, 6) is 0.758. The van der Waals surface area contributed by atoms with E-state index in [9.17, 15) is 5.11 Å². The van der Waals surface area contributed by atoms with Gasteiger partial charge in [0.2, 0.25) is 0 Å². The number of halogens is 1. The van der Waals surface area contributed by atoms with Crippen molar-refractivity contribution < 1.29 is 9.84 Å². The summed E-state index contributed by atoms with van der Waals surface area (Å²) in [4.78, 5) is 0. The van der Waals surface area contributed by atoms with E-state index in [1.54, 1.807) is 6.92 Å². The van der Waals surface area contributed by atoms with Crippen LogP contribution in [0.5, 0.6) is 5.75 Å². The molecule has 0 aliphatic carbocycles. The minimum absolute atomic E-state index is 0.216. The number of benzene rings is 1. The zero-order valence-corrected chi connectivity index (χ0v) is 11.4. The van der Waals surface area contributed by atoms with E-state index in [2.05, 4.69) is 21.2 Å². The van der Waals surface area contributed by atoms with Crippen molar-refractivity contribution in [3.8, 4) is 5.75 Å². The Morgan fingerprint density at radius 1 is 1.44 bits per heavy atom. The lowest BCUT2D eigenvalue weighted by molar-refractivity contribution is 0.0599. The first-order valence-corrected chi connectivity index (χ1v) is 6.11. The average molecular weight is 288 g/mol. The average Bonchev–Trinajstić information content (AvgIpc) is 2.22. The Hall–Kier alpha value is -0.580. The molecule has 4 heteroatoms. The van der Waals surface area contributed by atoms with Crippen molar-refractivity contribution in [1.82, 2.24) is 5.32 Å². The van der Waals surface area contributed by atoms with Gasteiger partial charge < -0.3 is 15.2 Å². The molecule has 0 radical (unpaired) electrons. The van der Waals surface area contributed by atoms with Gasteiger partial charge >= 0.3 is 0 Å². The number of hydrogen-bond acceptors (Lipinski definition) is 3. The van der Waals surface area contributed by atoms with Gasteiger partial charge in [0.05, 0.1) is 10.6 Å². The van der Waals surface area contributed by atoms with E-state index < -0.39 is 6.10 Å². The number of hydrogen-bond donors (Lipinski definition) is 2. The third-order valence-corrected chi connectivity index (χ3v) is 2.99. The Bertz CT molecular complexity index is 342. The highest BCUT2D eigenvalue weighted by Gasteiger charge is 2.12. The van der Waals surface area contributed by atoms with Crippen LogP contribution in [0.3, 0.4) is 0 Å². The number of nitrogens with one attached hydrogen (secondary N) is 1. The maximum atomic E-state index is 9.36. The summed E-state index contributed by atoms with van der Waals surface area (Å²) in [5, 5.41) is 12.4. The second-order valence-corrected chi connectivity index (χ2v) is 4.71. The van der Waals surface area contributed by atoms with E-state index in [-0.39, 0.29) is 6.10 Å². The Morgan fingerprint density at radius 3 is 2.62 bits per heavy atom. The van der Waals surface area contributed by atoms with Gasteiger partial charge in [0, 0.05) is 6.54 Å². The van der Waals surface area contributed by atoms with Gasteiger partial charge in [-0.3, -0.25) is 0 Å². The van der Waals surface area contributed by atoms with E-state index in [0.717, 1.165) is 16.8 Å². The zero-order valence-electron chi connectivity index (χ0n) is 9.83. The van der Waals surface area contributed by atoms with Crippen molar-refractivity contribution in [2.45, 2.75) is 32.6 Å². The fraction of sp³-hybridized carbons (Fsp3) is 0.500. The molecule has 0 aliphatic heterocycles. The van der Waals surface area contributed by atoms with Crippen molar-refractivity contribution >= 4 is 15.9 Å². The molecule has 0 spiro atoms. The van der Waals surface area contributed by atoms with Gasteiger partial charge in [-0.1, -0.05) is 6.07 Å². The van der Waals surface area contributed by atoms with Crippen molar-refractivity contribution in [3.63, 3.8) is 0 Å². The molecule has 1 aromatic carbocycles. The van der Waals surface area contributed by atoms with Crippen molar-refractivity contribution in [3.05, 3.63) is 28.2 Å². The molecule has 0 fully saturated rings. The van der Waals surface area contributed by atoms with Gasteiger partial charge in [-0.15, -0.1) is 0 Å². The predicted molar refractivity (Wildman–Crippen MR) is 68.7 cm³/mol. The molecule has 0 aromatic heterocycles. The molecule has 0 aliphatic rings. The molecule has 0 saturated heterocycles. The third kappa shape index (κ3) is 3.77. The summed E-state index contributed by atoms with van der Waals surface area (Å²) < 4.78 is 6.53. The molecule has 2 atom stereocenters. The summed E-state index contributed by atoms with van der Waals surface area (Å²) in [6.07, 6.45) is -0.699. The van der Waals surface area contributed by atoms with Gasteiger partial charge in [0.15, 0.2) is 0 Å². The molecular weight excluding hydrogens is 270 g/mol. The first kappa shape index (κ1) is 13.5. The second-order valence-electron chi connectivity index (χ2n) is 3.86. The highest BCUT2D eigenvalue weighted by atomic mass is 79.9. The first-order valence-electron chi connectivity index (χ1n) is 5.32. The molecule has 0 saturated carbocycles. The van der Waals surface area contributed by atoms with Gasteiger partial charge in [0.1, 0.15) is 11.9 Å². The SMILES string of the molecule is CNCc1ccc(OC(C)C(C)O)c(Br)c1. The number of rotatable bonds is 5. The van der Waals surface area contributed by atoms with Gasteiger partial charge in [-0.05, 0) is 54.5 Å². The standard InChI is InChI=1S/C12H18BrNO2/c1-8(15)9(2)16-12-5-4-10(7-14-3)6-11(12)13/h4-6,8-9,14-15H,7H2,1-3H3. The van der Waals surface area contributed by atoms with Crippen LogP contribution in [0.25, 0.3) is 0 Å². The van der Waals surface area contributed by atoms with Crippen molar-refractivity contribution in [2.75, 3.05) is 7.05 Å². The molecule has 3 nitrogen and oxygen atoms in total. The van der Waals surface area contributed by atoms with Crippen LogP contribution in [0.4, 0.5) is 0 Å². The second kappa shape index (κ2) is 6.23. The molecule has 1 aromatic rings. The van der Waals surface area contributed by atoms with Gasteiger partial charge in [-0.25, -0.2) is 0 Å². The van der Waals surface area contributed by atoms with Gasteiger partial charge in [0.25, 0.3) is 0 Å². The normalized spacial score (nSPS) is 14.6. The van der Waals surface area contributed by atoms with Crippen LogP contribution in [-0.4, -0.2) is 24.4 Å². The zero-order chi connectivity index (χ0) is 12.1. The molecule has 2 N–H and O–H groups in total. The summed E-state index contributed by atoms with van der Waals surface area (Å²) >= 11 is 3.46. The van der Waals surface area contributed by atoms with E-state index in [0.29, 0.717) is 0 Å².